The molecule has 3 nitrogen and oxygen atoms in total. The molecule has 0 radical (unpaired) electrons. The predicted octanol–water partition coefficient (Wildman–Crippen LogP) is 3.59. The topological polar surface area (TPSA) is 55.1 Å². The van der Waals surface area contributed by atoms with E-state index in [1.54, 1.807) is 6.07 Å². The highest BCUT2D eigenvalue weighted by Gasteiger charge is 2.22. The van der Waals surface area contributed by atoms with Gasteiger partial charge in [-0.05, 0) is 36.0 Å². The monoisotopic (exact) mass is 248 g/mol. The van der Waals surface area contributed by atoms with Crippen molar-refractivity contribution in [2.24, 2.45) is 11.3 Å². The van der Waals surface area contributed by atoms with Crippen molar-refractivity contribution in [2.75, 3.05) is 11.1 Å². The highest BCUT2D eigenvalue weighted by atomic mass is 16.1. The van der Waals surface area contributed by atoms with Gasteiger partial charge >= 0.3 is 0 Å². The van der Waals surface area contributed by atoms with Crippen molar-refractivity contribution in [2.45, 2.75) is 41.0 Å². The lowest BCUT2D eigenvalue weighted by molar-refractivity contribution is -0.117. The van der Waals surface area contributed by atoms with E-state index in [2.05, 4.69) is 33.0 Å². The summed E-state index contributed by atoms with van der Waals surface area (Å²) in [5, 5.41) is 2.89. The Morgan fingerprint density at radius 1 is 1.39 bits per heavy atom. The lowest BCUT2D eigenvalue weighted by atomic mass is 9.80. The molecular weight excluding hydrogens is 224 g/mol. The van der Waals surface area contributed by atoms with Crippen LogP contribution in [0.1, 0.15) is 39.7 Å². The van der Waals surface area contributed by atoms with Crippen LogP contribution in [0.3, 0.4) is 0 Å². The van der Waals surface area contributed by atoms with E-state index in [0.29, 0.717) is 18.0 Å². The molecule has 1 unspecified atom stereocenters. The third-order valence-electron chi connectivity index (χ3n) is 3.53. The molecule has 0 bridgehead atoms. The van der Waals surface area contributed by atoms with E-state index < -0.39 is 0 Å². The summed E-state index contributed by atoms with van der Waals surface area (Å²) in [5.74, 6) is 0.376. The fourth-order valence-electron chi connectivity index (χ4n) is 1.51. The summed E-state index contributed by atoms with van der Waals surface area (Å²) in [6.45, 7) is 10.5. The van der Waals surface area contributed by atoms with Crippen molar-refractivity contribution in [3.63, 3.8) is 0 Å². The third kappa shape index (κ3) is 4.06. The summed E-state index contributed by atoms with van der Waals surface area (Å²) in [5.41, 5.74) is 8.46. The van der Waals surface area contributed by atoms with Crippen LogP contribution in [-0.4, -0.2) is 5.91 Å². The molecule has 0 spiro atoms. The zero-order valence-corrected chi connectivity index (χ0v) is 12.0. The molecule has 3 heteroatoms. The van der Waals surface area contributed by atoms with Crippen LogP contribution in [0.5, 0.6) is 0 Å². The second kappa shape index (κ2) is 5.42. The van der Waals surface area contributed by atoms with Crippen molar-refractivity contribution in [3.05, 3.63) is 23.8 Å². The second-order valence-electron chi connectivity index (χ2n) is 6.09. The minimum atomic E-state index is 0.0423. The lowest BCUT2D eigenvalue weighted by Crippen LogP contribution is -2.23. The van der Waals surface area contributed by atoms with Gasteiger partial charge < -0.3 is 11.1 Å². The van der Waals surface area contributed by atoms with Crippen LogP contribution in [0.4, 0.5) is 11.4 Å². The smallest absolute Gasteiger partial charge is 0.224 e. The number of anilines is 2. The van der Waals surface area contributed by atoms with Crippen LogP contribution in [-0.2, 0) is 4.79 Å². The maximum absolute atomic E-state index is 11.9. The average molecular weight is 248 g/mol. The van der Waals surface area contributed by atoms with Gasteiger partial charge in [0.25, 0.3) is 0 Å². The number of carbonyl (C=O) groups excluding carboxylic acids is 1. The molecule has 0 aliphatic carbocycles. The summed E-state index contributed by atoms with van der Waals surface area (Å²) < 4.78 is 0. The molecular formula is C15H24N2O. The first-order chi connectivity index (χ1) is 8.20. The second-order valence-corrected chi connectivity index (χ2v) is 6.09. The normalized spacial score (nSPS) is 13.2. The third-order valence-corrected chi connectivity index (χ3v) is 3.53. The number of carbonyl (C=O) groups is 1. The number of benzene rings is 1. The van der Waals surface area contributed by atoms with Crippen LogP contribution in [0, 0.1) is 18.3 Å². The molecule has 0 heterocycles. The van der Waals surface area contributed by atoms with E-state index >= 15 is 0 Å². The van der Waals surface area contributed by atoms with Gasteiger partial charge in [-0.1, -0.05) is 33.8 Å². The van der Waals surface area contributed by atoms with E-state index in [4.69, 9.17) is 5.73 Å². The molecule has 0 saturated carbocycles. The van der Waals surface area contributed by atoms with Gasteiger partial charge in [0.1, 0.15) is 0 Å². The van der Waals surface area contributed by atoms with E-state index in [1.807, 2.05) is 19.1 Å². The molecule has 0 fully saturated rings. The van der Waals surface area contributed by atoms with Gasteiger partial charge in [-0.3, -0.25) is 4.79 Å². The summed E-state index contributed by atoms with van der Waals surface area (Å²) in [4.78, 5) is 11.9. The van der Waals surface area contributed by atoms with Crippen molar-refractivity contribution in [1.82, 2.24) is 0 Å². The standard InChI is InChI=1S/C15H24N2O/c1-10-6-7-12(9-13(10)16)17-14(18)8-11(2)15(3,4)5/h6-7,9,11H,8,16H2,1-5H3,(H,17,18). The Kier molecular flexibility index (Phi) is 4.38. The molecule has 3 N–H and O–H groups in total. The van der Waals surface area contributed by atoms with Crippen molar-refractivity contribution in [3.8, 4) is 0 Å². The molecule has 1 aromatic carbocycles. The zero-order chi connectivity index (χ0) is 13.9. The molecule has 0 aliphatic rings. The van der Waals surface area contributed by atoms with Gasteiger partial charge in [0.15, 0.2) is 0 Å². The zero-order valence-electron chi connectivity index (χ0n) is 12.0. The van der Waals surface area contributed by atoms with Gasteiger partial charge in [-0.15, -0.1) is 0 Å². The Bertz CT molecular complexity index is 433. The average Bonchev–Trinajstić information content (AvgIpc) is 2.22. The predicted molar refractivity (Wildman–Crippen MR) is 77.5 cm³/mol. The SMILES string of the molecule is Cc1ccc(NC(=O)CC(C)C(C)(C)C)cc1N. The fourth-order valence-corrected chi connectivity index (χ4v) is 1.51. The van der Waals surface area contributed by atoms with Crippen LogP contribution in [0.25, 0.3) is 0 Å². The molecule has 18 heavy (non-hydrogen) atoms. The van der Waals surface area contributed by atoms with E-state index in [-0.39, 0.29) is 11.3 Å². The number of rotatable bonds is 3. The summed E-state index contributed by atoms with van der Waals surface area (Å²) in [6.07, 6.45) is 0.525. The van der Waals surface area contributed by atoms with Gasteiger partial charge in [0.05, 0.1) is 0 Å². The van der Waals surface area contributed by atoms with E-state index in [1.165, 1.54) is 0 Å². The van der Waals surface area contributed by atoms with Gasteiger partial charge in [0.2, 0.25) is 5.91 Å². The molecule has 0 aliphatic heterocycles. The Morgan fingerprint density at radius 3 is 2.50 bits per heavy atom. The molecule has 1 atom stereocenters. The van der Waals surface area contributed by atoms with Crippen molar-refractivity contribution in [1.29, 1.82) is 0 Å². The Morgan fingerprint density at radius 2 is 2.00 bits per heavy atom. The first-order valence-corrected chi connectivity index (χ1v) is 6.36. The Hall–Kier alpha value is -1.51. The van der Waals surface area contributed by atoms with Crippen molar-refractivity contribution < 1.29 is 4.79 Å². The Labute approximate surface area is 110 Å². The number of nitrogen functional groups attached to an aromatic ring is 1. The van der Waals surface area contributed by atoms with Crippen LogP contribution < -0.4 is 11.1 Å². The highest BCUT2D eigenvalue weighted by molar-refractivity contribution is 5.91. The molecule has 0 saturated heterocycles. The minimum absolute atomic E-state index is 0.0423. The largest absolute Gasteiger partial charge is 0.398 e. The van der Waals surface area contributed by atoms with Crippen LogP contribution >= 0.6 is 0 Å². The Balaban J connectivity index is 2.62. The number of amides is 1. The van der Waals surface area contributed by atoms with E-state index in [0.717, 1.165) is 11.3 Å². The first kappa shape index (κ1) is 14.6. The van der Waals surface area contributed by atoms with Crippen molar-refractivity contribution >= 4 is 17.3 Å². The van der Waals surface area contributed by atoms with E-state index in [9.17, 15) is 4.79 Å². The lowest BCUT2D eigenvalue weighted by Gasteiger charge is -2.26. The maximum atomic E-state index is 11.9. The van der Waals surface area contributed by atoms with Crippen LogP contribution in [0.2, 0.25) is 0 Å². The number of nitrogens with two attached hydrogens (primary N) is 1. The van der Waals surface area contributed by atoms with Gasteiger partial charge in [-0.25, -0.2) is 0 Å². The summed E-state index contributed by atoms with van der Waals surface area (Å²) in [6, 6.07) is 5.60. The molecule has 1 amide bonds. The highest BCUT2D eigenvalue weighted by Crippen LogP contribution is 2.28. The first-order valence-electron chi connectivity index (χ1n) is 6.36. The molecule has 100 valence electrons. The van der Waals surface area contributed by atoms with Crippen LogP contribution in [0.15, 0.2) is 18.2 Å². The minimum Gasteiger partial charge on any atom is -0.398 e. The quantitative estimate of drug-likeness (QED) is 0.803. The molecule has 1 aromatic rings. The molecule has 1 rings (SSSR count). The summed E-state index contributed by atoms with van der Waals surface area (Å²) >= 11 is 0. The fraction of sp³-hybridized carbons (Fsp3) is 0.533. The van der Waals surface area contributed by atoms with Gasteiger partial charge in [0, 0.05) is 17.8 Å². The summed E-state index contributed by atoms with van der Waals surface area (Å²) in [7, 11) is 0. The molecule has 0 aromatic heterocycles. The maximum Gasteiger partial charge on any atom is 0.224 e. The van der Waals surface area contributed by atoms with Gasteiger partial charge in [-0.2, -0.15) is 0 Å². The number of aryl methyl sites for hydroxylation is 1. The number of hydrogen-bond donors (Lipinski definition) is 2. The number of hydrogen-bond acceptors (Lipinski definition) is 2. The number of nitrogens with one attached hydrogen (secondary N) is 1.